The van der Waals surface area contributed by atoms with Crippen LogP contribution in [0.25, 0.3) is 0 Å². The van der Waals surface area contributed by atoms with Gasteiger partial charge in [0.2, 0.25) is 5.91 Å². The average molecular weight is 453 g/mol. The quantitative estimate of drug-likeness (QED) is 0.481. The van der Waals surface area contributed by atoms with Crippen LogP contribution in [-0.2, 0) is 11.3 Å². The smallest absolute Gasteiger partial charge is 0.234 e. The lowest BCUT2D eigenvalue weighted by molar-refractivity contribution is -0.113. The van der Waals surface area contributed by atoms with Gasteiger partial charge in [-0.05, 0) is 56.3 Å². The van der Waals surface area contributed by atoms with Gasteiger partial charge in [0.1, 0.15) is 17.4 Å². The monoisotopic (exact) mass is 452 g/mol. The highest BCUT2D eigenvalue weighted by atomic mass is 35.5. The van der Waals surface area contributed by atoms with E-state index in [1.807, 2.05) is 11.5 Å². The first-order chi connectivity index (χ1) is 14.4. The number of benzene rings is 2. The molecule has 1 heterocycles. The van der Waals surface area contributed by atoms with E-state index in [2.05, 4.69) is 15.5 Å². The van der Waals surface area contributed by atoms with Crippen LogP contribution in [-0.4, -0.2) is 26.4 Å². The number of amides is 1. The molecule has 1 unspecified atom stereocenters. The van der Waals surface area contributed by atoms with Gasteiger partial charge in [-0.15, -0.1) is 10.2 Å². The van der Waals surface area contributed by atoms with Crippen LogP contribution in [0.2, 0.25) is 5.02 Å². The number of ether oxygens (including phenoxy) is 1. The normalized spacial score (nSPS) is 11.9. The largest absolute Gasteiger partial charge is 0.481 e. The Hall–Kier alpha value is -2.65. The number of nitrogens with zero attached hydrogens (tertiary/aromatic N) is 3. The van der Waals surface area contributed by atoms with Crippen LogP contribution in [0.5, 0.6) is 5.75 Å². The predicted octanol–water partition coefficient (Wildman–Crippen LogP) is 5.10. The van der Waals surface area contributed by atoms with Crippen LogP contribution in [0.15, 0.2) is 47.6 Å². The van der Waals surface area contributed by atoms with E-state index in [1.54, 1.807) is 6.92 Å². The van der Waals surface area contributed by atoms with Gasteiger partial charge in [0.25, 0.3) is 0 Å². The van der Waals surface area contributed by atoms with Gasteiger partial charge in [0, 0.05) is 12.2 Å². The van der Waals surface area contributed by atoms with E-state index < -0.39 is 11.9 Å². The van der Waals surface area contributed by atoms with Gasteiger partial charge < -0.3 is 14.6 Å². The molecule has 0 bridgehead atoms. The molecule has 0 radical (unpaired) electrons. The second-order valence-corrected chi connectivity index (χ2v) is 7.61. The van der Waals surface area contributed by atoms with E-state index in [0.717, 1.165) is 0 Å². The van der Waals surface area contributed by atoms with Crippen molar-refractivity contribution < 1.29 is 18.3 Å². The zero-order chi connectivity index (χ0) is 21.7. The minimum absolute atomic E-state index is 0.106. The van der Waals surface area contributed by atoms with Crippen molar-refractivity contribution in [3.05, 3.63) is 64.9 Å². The van der Waals surface area contributed by atoms with Crippen LogP contribution in [0, 0.1) is 11.6 Å². The molecule has 0 fully saturated rings. The SMILES string of the molecule is CCn1c(SCC(=O)Nc2ccc(F)cc2)nnc1C(C)Oc1ccc(F)cc1Cl. The van der Waals surface area contributed by atoms with Gasteiger partial charge in [0.05, 0.1) is 10.8 Å². The van der Waals surface area contributed by atoms with E-state index in [-0.39, 0.29) is 22.5 Å². The second kappa shape index (κ2) is 9.90. The number of anilines is 1. The van der Waals surface area contributed by atoms with Gasteiger partial charge in [0.15, 0.2) is 17.1 Å². The molecule has 1 N–H and O–H groups in total. The number of halogens is 3. The van der Waals surface area contributed by atoms with Crippen molar-refractivity contribution in [2.45, 2.75) is 31.7 Å². The van der Waals surface area contributed by atoms with Gasteiger partial charge >= 0.3 is 0 Å². The molecule has 0 aliphatic rings. The minimum atomic E-state index is -0.497. The molecule has 1 atom stereocenters. The zero-order valence-corrected chi connectivity index (χ0v) is 17.8. The Kier molecular flexibility index (Phi) is 7.28. The number of nitrogens with one attached hydrogen (secondary N) is 1. The van der Waals surface area contributed by atoms with Crippen molar-refractivity contribution >= 4 is 35.0 Å². The molecule has 30 heavy (non-hydrogen) atoms. The number of thioether (sulfide) groups is 1. The van der Waals surface area contributed by atoms with Crippen LogP contribution in [0.3, 0.4) is 0 Å². The maximum Gasteiger partial charge on any atom is 0.234 e. The molecule has 0 spiro atoms. The molecular formula is C20H19ClF2N4O2S. The molecule has 6 nitrogen and oxygen atoms in total. The number of hydrogen-bond acceptors (Lipinski definition) is 5. The number of carbonyl (C=O) groups excluding carboxylic acids is 1. The van der Waals surface area contributed by atoms with Gasteiger partial charge in [-0.2, -0.15) is 0 Å². The van der Waals surface area contributed by atoms with Crippen molar-refractivity contribution in [3.8, 4) is 5.75 Å². The predicted molar refractivity (Wildman–Crippen MR) is 112 cm³/mol. The number of aromatic nitrogens is 3. The third kappa shape index (κ3) is 5.48. The molecule has 158 valence electrons. The summed E-state index contributed by atoms with van der Waals surface area (Å²) in [7, 11) is 0. The van der Waals surface area contributed by atoms with E-state index >= 15 is 0 Å². The Morgan fingerprint density at radius 1 is 1.20 bits per heavy atom. The molecule has 0 saturated carbocycles. The summed E-state index contributed by atoms with van der Waals surface area (Å²) >= 11 is 7.25. The second-order valence-electron chi connectivity index (χ2n) is 6.26. The lowest BCUT2D eigenvalue weighted by Crippen LogP contribution is -2.15. The fraction of sp³-hybridized carbons (Fsp3) is 0.250. The number of hydrogen-bond donors (Lipinski definition) is 1. The maximum absolute atomic E-state index is 13.2. The van der Waals surface area contributed by atoms with Gasteiger partial charge in [-0.3, -0.25) is 4.79 Å². The molecule has 3 rings (SSSR count). The summed E-state index contributed by atoms with van der Waals surface area (Å²) in [4.78, 5) is 12.2. The first-order valence-electron chi connectivity index (χ1n) is 9.10. The molecular weight excluding hydrogens is 434 g/mol. The van der Waals surface area contributed by atoms with E-state index in [0.29, 0.717) is 29.0 Å². The summed E-state index contributed by atoms with van der Waals surface area (Å²) in [6, 6.07) is 9.42. The van der Waals surface area contributed by atoms with Crippen LogP contribution in [0.1, 0.15) is 25.8 Å². The zero-order valence-electron chi connectivity index (χ0n) is 16.2. The topological polar surface area (TPSA) is 69.0 Å². The van der Waals surface area contributed by atoms with Crippen molar-refractivity contribution in [2.75, 3.05) is 11.1 Å². The summed E-state index contributed by atoms with van der Waals surface area (Å²) in [5, 5.41) is 11.7. The van der Waals surface area contributed by atoms with E-state index in [4.69, 9.17) is 16.3 Å². The Morgan fingerprint density at radius 3 is 2.57 bits per heavy atom. The lowest BCUT2D eigenvalue weighted by atomic mass is 10.3. The summed E-state index contributed by atoms with van der Waals surface area (Å²) < 4.78 is 33.8. The summed E-state index contributed by atoms with van der Waals surface area (Å²) in [5.41, 5.74) is 0.512. The molecule has 0 aliphatic heterocycles. The first-order valence-corrected chi connectivity index (χ1v) is 10.5. The highest BCUT2D eigenvalue weighted by molar-refractivity contribution is 7.99. The molecule has 10 heteroatoms. The number of carbonyl (C=O) groups is 1. The molecule has 0 aliphatic carbocycles. The van der Waals surface area contributed by atoms with Crippen molar-refractivity contribution in [1.29, 1.82) is 0 Å². The number of rotatable bonds is 8. The maximum atomic E-state index is 13.2. The van der Waals surface area contributed by atoms with Crippen LogP contribution in [0.4, 0.5) is 14.5 Å². The molecule has 1 amide bonds. The van der Waals surface area contributed by atoms with E-state index in [9.17, 15) is 13.6 Å². The lowest BCUT2D eigenvalue weighted by Gasteiger charge is -2.16. The molecule has 3 aromatic rings. The Balaban J connectivity index is 1.64. The third-order valence-corrected chi connectivity index (χ3v) is 5.35. The van der Waals surface area contributed by atoms with Crippen LogP contribution < -0.4 is 10.1 Å². The fourth-order valence-corrected chi connectivity index (χ4v) is 3.70. The molecule has 1 aromatic heterocycles. The molecule has 2 aromatic carbocycles. The molecule has 0 saturated heterocycles. The fourth-order valence-electron chi connectivity index (χ4n) is 2.68. The van der Waals surface area contributed by atoms with Crippen LogP contribution >= 0.6 is 23.4 Å². The third-order valence-electron chi connectivity index (χ3n) is 4.08. The van der Waals surface area contributed by atoms with E-state index in [1.165, 1.54) is 54.2 Å². The summed E-state index contributed by atoms with van der Waals surface area (Å²) in [5.74, 6) is -0.0719. The Morgan fingerprint density at radius 2 is 1.90 bits per heavy atom. The highest BCUT2D eigenvalue weighted by Crippen LogP contribution is 2.30. The average Bonchev–Trinajstić information content (AvgIpc) is 3.13. The Labute approximate surface area is 181 Å². The van der Waals surface area contributed by atoms with Crippen molar-refractivity contribution in [1.82, 2.24) is 14.8 Å². The van der Waals surface area contributed by atoms with Gasteiger partial charge in [-0.1, -0.05) is 23.4 Å². The Bertz CT molecular complexity index is 1030. The van der Waals surface area contributed by atoms with Crippen molar-refractivity contribution in [3.63, 3.8) is 0 Å². The standard InChI is InChI=1S/C20H19ClF2N4O2S/c1-3-27-19(12(2)29-17-9-6-14(23)10-16(17)21)25-26-20(27)30-11-18(28)24-15-7-4-13(22)5-8-15/h4-10,12H,3,11H2,1-2H3,(H,24,28). The first kappa shape index (κ1) is 22.0. The van der Waals surface area contributed by atoms with Gasteiger partial charge in [-0.25, -0.2) is 8.78 Å². The highest BCUT2D eigenvalue weighted by Gasteiger charge is 2.20. The summed E-state index contributed by atoms with van der Waals surface area (Å²) in [6.07, 6.45) is -0.497. The van der Waals surface area contributed by atoms with Crippen molar-refractivity contribution in [2.24, 2.45) is 0 Å². The minimum Gasteiger partial charge on any atom is -0.481 e. The summed E-state index contributed by atoms with van der Waals surface area (Å²) in [6.45, 7) is 4.27.